The van der Waals surface area contributed by atoms with Gasteiger partial charge in [0.25, 0.3) is 0 Å². The molecular formula is C14H28N2O3S. The molecule has 0 radical (unpaired) electrons. The number of hydrogen-bond acceptors (Lipinski definition) is 3. The highest BCUT2D eigenvalue weighted by Gasteiger charge is 2.15. The van der Waals surface area contributed by atoms with E-state index in [1.807, 2.05) is 0 Å². The second-order valence-electron chi connectivity index (χ2n) is 5.43. The number of carbonyl (C=O) groups excluding carboxylic acids is 1. The van der Waals surface area contributed by atoms with Crippen LogP contribution in [0.25, 0.3) is 0 Å². The summed E-state index contributed by atoms with van der Waals surface area (Å²) in [6.07, 6.45) is 5.04. The molecule has 0 spiro atoms. The predicted octanol–water partition coefficient (Wildman–Crippen LogP) is 2.57. The number of rotatable bonds is 11. The first-order valence-electron chi connectivity index (χ1n) is 7.18. The van der Waals surface area contributed by atoms with Crippen molar-refractivity contribution in [1.82, 2.24) is 10.6 Å². The van der Waals surface area contributed by atoms with Crippen LogP contribution in [-0.2, 0) is 4.79 Å². The summed E-state index contributed by atoms with van der Waals surface area (Å²) in [7, 11) is 0. The number of nitrogens with one attached hydrogen (secondary N) is 2. The standard InChI is InChI=1S/C14H28N2O3S/c1-11(2)8-12(9-13(17)18)10-16-14(19)15-6-4-5-7-20-3/h11-12H,4-10H2,1-3H3,(H,17,18)(H2,15,16,19)/t12-/m0/s1. The number of aliphatic carboxylic acids is 1. The van der Waals surface area contributed by atoms with Crippen LogP contribution in [-0.4, -0.2) is 42.2 Å². The Bertz CT molecular complexity index is 286. The van der Waals surface area contributed by atoms with Crippen molar-refractivity contribution < 1.29 is 14.7 Å². The van der Waals surface area contributed by atoms with E-state index >= 15 is 0 Å². The van der Waals surface area contributed by atoms with E-state index in [0.717, 1.165) is 25.0 Å². The lowest BCUT2D eigenvalue weighted by Crippen LogP contribution is -2.39. The Morgan fingerprint density at radius 3 is 2.45 bits per heavy atom. The van der Waals surface area contributed by atoms with Gasteiger partial charge in [0.15, 0.2) is 0 Å². The SMILES string of the molecule is CSCCCCNC(=O)NC[C@H](CC(=O)O)CC(C)C. The second-order valence-corrected chi connectivity index (χ2v) is 6.42. The van der Waals surface area contributed by atoms with Crippen LogP contribution in [0.5, 0.6) is 0 Å². The van der Waals surface area contributed by atoms with Crippen molar-refractivity contribution in [2.45, 2.75) is 39.5 Å². The molecule has 0 aliphatic rings. The summed E-state index contributed by atoms with van der Waals surface area (Å²) in [5.74, 6) is 0.721. The number of amides is 2. The fraction of sp³-hybridized carbons (Fsp3) is 0.857. The highest BCUT2D eigenvalue weighted by molar-refractivity contribution is 7.98. The van der Waals surface area contributed by atoms with Crippen LogP contribution >= 0.6 is 11.8 Å². The van der Waals surface area contributed by atoms with Crippen LogP contribution in [0.15, 0.2) is 0 Å². The summed E-state index contributed by atoms with van der Waals surface area (Å²) in [5, 5.41) is 14.4. The van der Waals surface area contributed by atoms with E-state index in [9.17, 15) is 9.59 Å². The molecule has 3 N–H and O–H groups in total. The zero-order valence-corrected chi connectivity index (χ0v) is 13.6. The lowest BCUT2D eigenvalue weighted by Gasteiger charge is -2.18. The average molecular weight is 304 g/mol. The van der Waals surface area contributed by atoms with Crippen molar-refractivity contribution in [2.24, 2.45) is 11.8 Å². The zero-order chi connectivity index (χ0) is 15.4. The summed E-state index contributed by atoms with van der Waals surface area (Å²) in [6.45, 7) is 5.20. The Morgan fingerprint density at radius 1 is 1.20 bits per heavy atom. The fourth-order valence-corrected chi connectivity index (χ4v) is 2.52. The Hall–Kier alpha value is -0.910. The third-order valence-corrected chi connectivity index (χ3v) is 3.58. The van der Waals surface area contributed by atoms with Crippen molar-refractivity contribution in [2.75, 3.05) is 25.1 Å². The van der Waals surface area contributed by atoms with Crippen LogP contribution < -0.4 is 10.6 Å². The van der Waals surface area contributed by atoms with E-state index < -0.39 is 5.97 Å². The molecule has 0 saturated carbocycles. The molecule has 20 heavy (non-hydrogen) atoms. The van der Waals surface area contributed by atoms with Crippen molar-refractivity contribution in [3.8, 4) is 0 Å². The van der Waals surface area contributed by atoms with Crippen molar-refractivity contribution in [1.29, 1.82) is 0 Å². The number of urea groups is 1. The minimum absolute atomic E-state index is 0.00487. The molecule has 118 valence electrons. The maximum atomic E-state index is 11.6. The first-order chi connectivity index (χ1) is 9.45. The van der Waals surface area contributed by atoms with E-state index in [4.69, 9.17) is 5.11 Å². The summed E-state index contributed by atoms with van der Waals surface area (Å²) in [6, 6.07) is -0.201. The van der Waals surface area contributed by atoms with Crippen LogP contribution in [0.3, 0.4) is 0 Å². The average Bonchev–Trinajstić information content (AvgIpc) is 2.34. The van der Waals surface area contributed by atoms with E-state index in [2.05, 4.69) is 30.7 Å². The van der Waals surface area contributed by atoms with E-state index in [1.165, 1.54) is 0 Å². The van der Waals surface area contributed by atoms with Crippen LogP contribution in [0, 0.1) is 11.8 Å². The van der Waals surface area contributed by atoms with Crippen molar-refractivity contribution >= 4 is 23.8 Å². The molecule has 0 aromatic carbocycles. The summed E-state index contributed by atoms with van der Waals surface area (Å²) >= 11 is 1.80. The summed E-state index contributed by atoms with van der Waals surface area (Å²) in [5.41, 5.74) is 0. The summed E-state index contributed by atoms with van der Waals surface area (Å²) in [4.78, 5) is 22.4. The number of unbranched alkanes of at least 4 members (excludes halogenated alkanes) is 1. The van der Waals surface area contributed by atoms with Crippen LogP contribution in [0.1, 0.15) is 39.5 Å². The predicted molar refractivity (Wildman–Crippen MR) is 84.2 cm³/mol. The molecule has 0 saturated heterocycles. The molecule has 0 aromatic rings. The first-order valence-corrected chi connectivity index (χ1v) is 8.57. The van der Waals surface area contributed by atoms with Gasteiger partial charge in [-0.25, -0.2) is 4.79 Å². The lowest BCUT2D eigenvalue weighted by atomic mass is 9.94. The number of carbonyl (C=O) groups is 2. The van der Waals surface area contributed by atoms with Gasteiger partial charge in [-0.3, -0.25) is 4.79 Å². The normalized spacial score (nSPS) is 12.2. The molecule has 6 heteroatoms. The third-order valence-electron chi connectivity index (χ3n) is 2.88. The van der Waals surface area contributed by atoms with Gasteiger partial charge < -0.3 is 15.7 Å². The molecule has 0 unspecified atom stereocenters. The van der Waals surface area contributed by atoms with Gasteiger partial charge in [-0.15, -0.1) is 0 Å². The Labute approximate surface area is 126 Å². The van der Waals surface area contributed by atoms with E-state index in [-0.39, 0.29) is 18.4 Å². The van der Waals surface area contributed by atoms with Crippen LogP contribution in [0.4, 0.5) is 4.79 Å². The van der Waals surface area contributed by atoms with Gasteiger partial charge in [0.05, 0.1) is 0 Å². The molecule has 1 atom stereocenters. The third kappa shape index (κ3) is 12.1. The molecule has 0 aliphatic heterocycles. The Kier molecular flexibility index (Phi) is 11.3. The molecule has 0 bridgehead atoms. The molecule has 0 rings (SSSR count). The topological polar surface area (TPSA) is 78.4 Å². The maximum Gasteiger partial charge on any atom is 0.314 e. The maximum absolute atomic E-state index is 11.6. The summed E-state index contributed by atoms with van der Waals surface area (Å²) < 4.78 is 0. The molecule has 0 fully saturated rings. The molecule has 5 nitrogen and oxygen atoms in total. The second kappa shape index (κ2) is 11.9. The van der Waals surface area contributed by atoms with Gasteiger partial charge in [-0.1, -0.05) is 13.8 Å². The minimum Gasteiger partial charge on any atom is -0.481 e. The van der Waals surface area contributed by atoms with Crippen molar-refractivity contribution in [3.05, 3.63) is 0 Å². The van der Waals surface area contributed by atoms with Gasteiger partial charge in [-0.05, 0) is 43.1 Å². The van der Waals surface area contributed by atoms with E-state index in [0.29, 0.717) is 19.0 Å². The molecule has 2 amide bonds. The number of thioether (sulfide) groups is 1. The van der Waals surface area contributed by atoms with Gasteiger partial charge in [-0.2, -0.15) is 11.8 Å². The van der Waals surface area contributed by atoms with Gasteiger partial charge in [0.2, 0.25) is 0 Å². The highest BCUT2D eigenvalue weighted by Crippen LogP contribution is 2.14. The van der Waals surface area contributed by atoms with E-state index in [1.54, 1.807) is 11.8 Å². The molecule has 0 heterocycles. The fourth-order valence-electron chi connectivity index (χ4n) is 2.03. The van der Waals surface area contributed by atoms with Gasteiger partial charge >= 0.3 is 12.0 Å². The van der Waals surface area contributed by atoms with Crippen LogP contribution in [0.2, 0.25) is 0 Å². The number of carboxylic acids is 1. The van der Waals surface area contributed by atoms with Gasteiger partial charge in [0, 0.05) is 19.5 Å². The highest BCUT2D eigenvalue weighted by atomic mass is 32.2. The molecule has 0 aromatic heterocycles. The van der Waals surface area contributed by atoms with Crippen molar-refractivity contribution in [3.63, 3.8) is 0 Å². The Morgan fingerprint density at radius 2 is 1.90 bits per heavy atom. The number of hydrogen-bond donors (Lipinski definition) is 3. The Balaban J connectivity index is 3.83. The largest absolute Gasteiger partial charge is 0.481 e. The lowest BCUT2D eigenvalue weighted by molar-refractivity contribution is -0.138. The minimum atomic E-state index is -0.810. The molecule has 0 aliphatic carbocycles. The molecular weight excluding hydrogens is 276 g/mol. The number of carboxylic acid groups (broad SMARTS) is 1. The smallest absolute Gasteiger partial charge is 0.314 e. The first kappa shape index (κ1) is 19.1. The zero-order valence-electron chi connectivity index (χ0n) is 12.8. The monoisotopic (exact) mass is 304 g/mol. The van der Waals surface area contributed by atoms with Gasteiger partial charge in [0.1, 0.15) is 0 Å². The quantitative estimate of drug-likeness (QED) is 0.513.